The molecule has 1 N–H and O–H groups in total. The molecule has 0 aliphatic heterocycles. The molecule has 0 aliphatic carbocycles. The first-order valence-electron chi connectivity index (χ1n) is 8.48. The van der Waals surface area contributed by atoms with E-state index in [1.54, 1.807) is 12.1 Å². The smallest absolute Gasteiger partial charge is 0.166 e. The molecule has 5 heteroatoms. The summed E-state index contributed by atoms with van der Waals surface area (Å²) in [5, 5.41) is 7.83. The van der Waals surface area contributed by atoms with E-state index in [4.69, 9.17) is 10.1 Å². The van der Waals surface area contributed by atoms with Gasteiger partial charge >= 0.3 is 0 Å². The lowest BCUT2D eigenvalue weighted by Crippen LogP contribution is -2.01. The lowest BCUT2D eigenvalue weighted by atomic mass is 10.0. The Morgan fingerprint density at radius 3 is 2.23 bits per heavy atom. The van der Waals surface area contributed by atoms with Gasteiger partial charge in [0.05, 0.1) is 11.4 Å². The molecule has 0 fully saturated rings. The molecule has 2 aromatic heterocycles. The molecule has 4 nitrogen and oxygen atoms in total. The summed E-state index contributed by atoms with van der Waals surface area (Å²) >= 11 is 0. The highest BCUT2D eigenvalue weighted by molar-refractivity contribution is 5.83. The van der Waals surface area contributed by atoms with Gasteiger partial charge in [-0.3, -0.25) is 0 Å². The summed E-state index contributed by atoms with van der Waals surface area (Å²) in [6.07, 6.45) is 0. The van der Waals surface area contributed by atoms with Gasteiger partial charge in [-0.1, -0.05) is 29.8 Å². The second kappa shape index (κ2) is 6.26. The molecule has 0 amide bonds. The van der Waals surface area contributed by atoms with Gasteiger partial charge in [0.15, 0.2) is 5.65 Å². The Morgan fingerprint density at radius 1 is 0.923 bits per heavy atom. The number of hydrogen-bond donors (Lipinski definition) is 1. The number of benzene rings is 2. The Kier molecular flexibility index (Phi) is 3.92. The van der Waals surface area contributed by atoms with Crippen molar-refractivity contribution in [3.63, 3.8) is 0 Å². The van der Waals surface area contributed by atoms with Crippen LogP contribution in [0.15, 0.2) is 54.6 Å². The van der Waals surface area contributed by atoms with Crippen molar-refractivity contribution in [2.75, 3.05) is 12.4 Å². The van der Waals surface area contributed by atoms with E-state index in [1.165, 1.54) is 17.7 Å². The fraction of sp³-hybridized carbons (Fsp3) is 0.143. The number of nitrogens with one attached hydrogen (secondary N) is 1. The molecule has 0 atom stereocenters. The number of anilines is 1. The molecular weight excluding hydrogens is 327 g/mol. The second-order valence-electron chi connectivity index (χ2n) is 6.35. The van der Waals surface area contributed by atoms with Crippen molar-refractivity contribution in [2.45, 2.75) is 13.8 Å². The molecule has 0 aliphatic rings. The van der Waals surface area contributed by atoms with Crippen LogP contribution >= 0.6 is 0 Å². The number of rotatable bonds is 3. The molecule has 0 unspecified atom stereocenters. The third kappa shape index (κ3) is 2.71. The van der Waals surface area contributed by atoms with E-state index in [-0.39, 0.29) is 5.82 Å². The molecule has 4 aromatic rings. The monoisotopic (exact) mass is 346 g/mol. The van der Waals surface area contributed by atoms with Crippen LogP contribution in [0.1, 0.15) is 11.3 Å². The Hall–Kier alpha value is -3.21. The molecule has 2 aromatic carbocycles. The molecule has 0 saturated heterocycles. The number of nitrogens with zero attached hydrogens (tertiary/aromatic N) is 3. The highest BCUT2D eigenvalue weighted by Crippen LogP contribution is 2.32. The maximum Gasteiger partial charge on any atom is 0.166 e. The molecular formula is C21H19FN4. The summed E-state index contributed by atoms with van der Waals surface area (Å²) < 4.78 is 15.2. The van der Waals surface area contributed by atoms with E-state index >= 15 is 0 Å². The van der Waals surface area contributed by atoms with Gasteiger partial charge in [0, 0.05) is 24.2 Å². The number of aryl methyl sites for hydroxylation is 2. The number of hydrogen-bond acceptors (Lipinski definition) is 3. The first-order valence-corrected chi connectivity index (χ1v) is 8.48. The lowest BCUT2D eigenvalue weighted by molar-refractivity contribution is 0.628. The summed E-state index contributed by atoms with van der Waals surface area (Å²) in [6, 6.07) is 16.7. The Balaban J connectivity index is 2.01. The van der Waals surface area contributed by atoms with Crippen molar-refractivity contribution >= 4 is 11.5 Å². The van der Waals surface area contributed by atoms with Crippen molar-refractivity contribution in [3.05, 3.63) is 71.7 Å². The second-order valence-corrected chi connectivity index (χ2v) is 6.35. The van der Waals surface area contributed by atoms with Crippen LogP contribution in [0.5, 0.6) is 0 Å². The maximum absolute atomic E-state index is 13.3. The van der Waals surface area contributed by atoms with Gasteiger partial charge in [-0.2, -0.15) is 5.10 Å². The van der Waals surface area contributed by atoms with E-state index in [9.17, 15) is 4.39 Å². The Morgan fingerprint density at radius 2 is 1.58 bits per heavy atom. The fourth-order valence-corrected chi connectivity index (χ4v) is 3.14. The zero-order chi connectivity index (χ0) is 18.3. The van der Waals surface area contributed by atoms with Gasteiger partial charge in [0.25, 0.3) is 0 Å². The third-order valence-electron chi connectivity index (χ3n) is 4.50. The average molecular weight is 346 g/mol. The quantitative estimate of drug-likeness (QED) is 0.576. The zero-order valence-electron chi connectivity index (χ0n) is 14.9. The van der Waals surface area contributed by atoms with E-state index in [2.05, 4.69) is 36.5 Å². The molecule has 0 saturated carbocycles. The summed E-state index contributed by atoms with van der Waals surface area (Å²) in [5.74, 6) is 0.481. The minimum absolute atomic E-state index is 0.259. The Bertz CT molecular complexity index is 1080. The SMILES string of the molecule is CNc1cc(-c2ccc(F)cc2)n2nc(C)c(-c3ccc(C)cc3)c2n1. The summed E-state index contributed by atoms with van der Waals surface area (Å²) in [7, 11) is 1.84. The van der Waals surface area contributed by atoms with E-state index in [0.717, 1.165) is 39.5 Å². The van der Waals surface area contributed by atoms with Crippen LogP contribution in [-0.4, -0.2) is 21.6 Å². The van der Waals surface area contributed by atoms with E-state index in [0.29, 0.717) is 0 Å². The minimum Gasteiger partial charge on any atom is -0.373 e. The summed E-state index contributed by atoms with van der Waals surface area (Å²) in [6.45, 7) is 4.05. The van der Waals surface area contributed by atoms with Crippen molar-refractivity contribution in [2.24, 2.45) is 0 Å². The summed E-state index contributed by atoms with van der Waals surface area (Å²) in [5.41, 5.74) is 6.71. The van der Waals surface area contributed by atoms with Crippen LogP contribution in [0.3, 0.4) is 0 Å². The van der Waals surface area contributed by atoms with Gasteiger partial charge in [-0.05, 0) is 43.7 Å². The fourth-order valence-electron chi connectivity index (χ4n) is 3.14. The van der Waals surface area contributed by atoms with Crippen LogP contribution in [0.25, 0.3) is 28.0 Å². The zero-order valence-corrected chi connectivity index (χ0v) is 14.9. The van der Waals surface area contributed by atoms with Gasteiger partial charge in [0.1, 0.15) is 11.6 Å². The third-order valence-corrected chi connectivity index (χ3v) is 4.50. The van der Waals surface area contributed by atoms with Gasteiger partial charge < -0.3 is 5.32 Å². The first kappa shape index (κ1) is 16.3. The number of fused-ring (bicyclic) bond motifs is 1. The van der Waals surface area contributed by atoms with Crippen LogP contribution in [0.2, 0.25) is 0 Å². The maximum atomic E-state index is 13.3. The molecule has 4 rings (SSSR count). The van der Waals surface area contributed by atoms with E-state index < -0.39 is 0 Å². The van der Waals surface area contributed by atoms with E-state index in [1.807, 2.05) is 24.6 Å². The summed E-state index contributed by atoms with van der Waals surface area (Å²) in [4.78, 5) is 4.73. The van der Waals surface area contributed by atoms with Crippen molar-refractivity contribution in [1.82, 2.24) is 14.6 Å². The highest BCUT2D eigenvalue weighted by atomic mass is 19.1. The molecule has 2 heterocycles. The topological polar surface area (TPSA) is 42.2 Å². The lowest BCUT2D eigenvalue weighted by Gasteiger charge is -2.09. The average Bonchev–Trinajstić information content (AvgIpc) is 2.98. The molecule has 0 radical (unpaired) electrons. The van der Waals surface area contributed by atoms with Crippen molar-refractivity contribution in [3.8, 4) is 22.4 Å². The molecule has 130 valence electrons. The van der Waals surface area contributed by atoms with Crippen molar-refractivity contribution in [1.29, 1.82) is 0 Å². The largest absolute Gasteiger partial charge is 0.373 e. The first-order chi connectivity index (χ1) is 12.6. The van der Waals surface area contributed by atoms with Crippen LogP contribution in [-0.2, 0) is 0 Å². The van der Waals surface area contributed by atoms with Crippen LogP contribution < -0.4 is 5.32 Å². The van der Waals surface area contributed by atoms with Gasteiger partial charge in [-0.15, -0.1) is 0 Å². The van der Waals surface area contributed by atoms with Gasteiger partial charge in [0.2, 0.25) is 0 Å². The minimum atomic E-state index is -0.259. The predicted molar refractivity (Wildman–Crippen MR) is 103 cm³/mol. The van der Waals surface area contributed by atoms with Crippen molar-refractivity contribution < 1.29 is 4.39 Å². The number of halogens is 1. The molecule has 26 heavy (non-hydrogen) atoms. The highest BCUT2D eigenvalue weighted by Gasteiger charge is 2.17. The molecule has 0 spiro atoms. The Labute approximate surface area is 151 Å². The van der Waals surface area contributed by atoms with Crippen LogP contribution in [0, 0.1) is 19.7 Å². The van der Waals surface area contributed by atoms with Crippen LogP contribution in [0.4, 0.5) is 10.2 Å². The standard InChI is InChI=1S/C21H19FN4/c1-13-4-6-16(7-5-13)20-14(2)25-26-18(12-19(23-3)24-21(20)26)15-8-10-17(22)11-9-15/h4-12H,1-3H3,(H,23,24). The predicted octanol–water partition coefficient (Wildman–Crippen LogP) is 4.86. The molecule has 0 bridgehead atoms. The normalized spacial score (nSPS) is 11.1. The number of aromatic nitrogens is 3. The van der Waals surface area contributed by atoms with Gasteiger partial charge in [-0.25, -0.2) is 13.9 Å².